The quantitative estimate of drug-likeness (QED) is 0.430. The van der Waals surface area contributed by atoms with Crippen molar-refractivity contribution in [3.63, 3.8) is 0 Å². The lowest BCUT2D eigenvalue weighted by atomic mass is 9.90. The molecule has 10 heteroatoms. The molecule has 4 rings (SSSR count). The number of aliphatic hydroxyl groups is 4. The molecule has 33 heavy (non-hydrogen) atoms. The van der Waals surface area contributed by atoms with E-state index in [0.29, 0.717) is 28.0 Å². The molecule has 2 heterocycles. The van der Waals surface area contributed by atoms with Crippen LogP contribution in [0.2, 0.25) is 5.02 Å². The molecule has 178 valence electrons. The number of ether oxygens (including phenoxy) is 2. The molecule has 1 aliphatic heterocycles. The van der Waals surface area contributed by atoms with Crippen LogP contribution in [0.4, 0.5) is 8.78 Å². The third-order valence-corrected chi connectivity index (χ3v) is 6.21. The van der Waals surface area contributed by atoms with E-state index in [1.165, 1.54) is 12.1 Å². The maximum atomic E-state index is 12.4. The number of benzene rings is 2. The van der Waals surface area contributed by atoms with Gasteiger partial charge >= 0.3 is 6.61 Å². The largest absolute Gasteiger partial charge is 0.435 e. The summed E-state index contributed by atoms with van der Waals surface area (Å²) in [6.07, 6.45) is -4.75. The van der Waals surface area contributed by atoms with Gasteiger partial charge in [0.05, 0.1) is 17.1 Å². The van der Waals surface area contributed by atoms with Gasteiger partial charge in [0, 0.05) is 23.7 Å². The van der Waals surface area contributed by atoms with E-state index in [-0.39, 0.29) is 5.75 Å². The number of alkyl halides is 2. The van der Waals surface area contributed by atoms with Crippen LogP contribution >= 0.6 is 11.6 Å². The van der Waals surface area contributed by atoms with Crippen molar-refractivity contribution in [1.29, 1.82) is 0 Å². The zero-order valence-corrected chi connectivity index (χ0v) is 18.4. The SMILES string of the molecule is Cc1ccc(Cl)c2c1c([C@@H]1O[C@H](CO)[C@@H](O)[C@H](O)[C@H]1O)cn2Cc1ccc(OC(F)F)cc1. The number of aliphatic hydroxyl groups excluding tert-OH is 4. The predicted molar refractivity (Wildman–Crippen MR) is 117 cm³/mol. The van der Waals surface area contributed by atoms with Crippen molar-refractivity contribution in [2.45, 2.75) is 50.6 Å². The van der Waals surface area contributed by atoms with Crippen molar-refractivity contribution >= 4 is 22.5 Å². The van der Waals surface area contributed by atoms with Crippen LogP contribution in [-0.4, -0.2) is 62.6 Å². The summed E-state index contributed by atoms with van der Waals surface area (Å²) in [6.45, 7) is -1.25. The highest BCUT2D eigenvalue weighted by molar-refractivity contribution is 6.35. The summed E-state index contributed by atoms with van der Waals surface area (Å²) >= 11 is 6.52. The van der Waals surface area contributed by atoms with Crippen LogP contribution in [0.15, 0.2) is 42.6 Å². The fraction of sp³-hybridized carbons (Fsp3) is 0.391. The number of hydrogen-bond donors (Lipinski definition) is 4. The lowest BCUT2D eigenvalue weighted by molar-refractivity contribution is -0.231. The lowest BCUT2D eigenvalue weighted by Crippen LogP contribution is -2.55. The van der Waals surface area contributed by atoms with Gasteiger partial charge in [-0.25, -0.2) is 0 Å². The van der Waals surface area contributed by atoms with Gasteiger partial charge in [0.1, 0.15) is 36.3 Å². The summed E-state index contributed by atoms with van der Waals surface area (Å²) in [4.78, 5) is 0. The van der Waals surface area contributed by atoms with E-state index in [9.17, 15) is 29.2 Å². The van der Waals surface area contributed by atoms with Crippen molar-refractivity contribution in [2.24, 2.45) is 0 Å². The molecule has 4 N–H and O–H groups in total. The first-order valence-electron chi connectivity index (χ1n) is 10.3. The Morgan fingerprint density at radius 2 is 1.76 bits per heavy atom. The van der Waals surface area contributed by atoms with E-state index in [1.807, 2.05) is 17.6 Å². The second-order valence-electron chi connectivity index (χ2n) is 8.07. The van der Waals surface area contributed by atoms with Crippen molar-refractivity contribution < 1.29 is 38.7 Å². The average Bonchev–Trinajstić information content (AvgIpc) is 3.16. The molecule has 0 bridgehead atoms. The summed E-state index contributed by atoms with van der Waals surface area (Å²) in [5, 5.41) is 41.8. The van der Waals surface area contributed by atoms with Crippen molar-refractivity contribution in [2.75, 3.05) is 6.61 Å². The standard InChI is InChI=1S/C23H24ClF2NO6/c1-11-2-7-15(24)18-17(11)14(22-21(31)20(30)19(29)16(10-28)33-22)9-27(18)8-12-3-5-13(6-4-12)32-23(25)26/h2-7,9,16,19-23,28-31H,8,10H2,1H3/t16-,19-,20+,21-,22+/m1/s1. The molecule has 0 amide bonds. The Kier molecular flexibility index (Phi) is 6.90. The number of rotatable bonds is 6. The Morgan fingerprint density at radius 3 is 2.39 bits per heavy atom. The fourth-order valence-corrected chi connectivity index (χ4v) is 4.55. The zero-order valence-electron chi connectivity index (χ0n) is 17.6. The van der Waals surface area contributed by atoms with Gasteiger partial charge in [-0.3, -0.25) is 0 Å². The highest BCUT2D eigenvalue weighted by Gasteiger charge is 2.45. The normalized spacial score (nSPS) is 25.7. The van der Waals surface area contributed by atoms with Gasteiger partial charge in [-0.2, -0.15) is 8.78 Å². The van der Waals surface area contributed by atoms with Crippen molar-refractivity contribution in [1.82, 2.24) is 4.57 Å². The number of halogens is 3. The van der Waals surface area contributed by atoms with E-state index in [0.717, 1.165) is 11.1 Å². The molecule has 0 saturated carbocycles. The van der Waals surface area contributed by atoms with Gasteiger partial charge in [0.2, 0.25) is 0 Å². The number of aryl methyl sites for hydroxylation is 1. The van der Waals surface area contributed by atoms with Gasteiger partial charge in [-0.05, 0) is 36.2 Å². The highest BCUT2D eigenvalue weighted by Crippen LogP contribution is 2.40. The summed E-state index contributed by atoms with van der Waals surface area (Å²) in [7, 11) is 0. The average molecular weight is 484 g/mol. The second kappa shape index (κ2) is 9.54. The third-order valence-electron chi connectivity index (χ3n) is 5.91. The van der Waals surface area contributed by atoms with Crippen LogP contribution in [0.25, 0.3) is 10.9 Å². The molecule has 0 aliphatic carbocycles. The monoisotopic (exact) mass is 483 g/mol. The number of hydrogen-bond acceptors (Lipinski definition) is 6. The zero-order chi connectivity index (χ0) is 23.9. The minimum atomic E-state index is -2.91. The molecule has 1 saturated heterocycles. The summed E-state index contributed by atoms with van der Waals surface area (Å²) < 4.78 is 36.8. The Hall–Kier alpha value is -2.27. The van der Waals surface area contributed by atoms with Crippen LogP contribution in [0, 0.1) is 6.92 Å². The smallest absolute Gasteiger partial charge is 0.387 e. The van der Waals surface area contributed by atoms with Crippen LogP contribution in [0.3, 0.4) is 0 Å². The minimum Gasteiger partial charge on any atom is -0.435 e. The lowest BCUT2D eigenvalue weighted by Gasteiger charge is -2.40. The van der Waals surface area contributed by atoms with Crippen molar-refractivity contribution in [3.8, 4) is 5.75 Å². The molecule has 1 fully saturated rings. The third kappa shape index (κ3) is 4.57. The van der Waals surface area contributed by atoms with E-state index >= 15 is 0 Å². The highest BCUT2D eigenvalue weighted by atomic mass is 35.5. The maximum Gasteiger partial charge on any atom is 0.387 e. The topological polar surface area (TPSA) is 104 Å². The molecule has 0 spiro atoms. The first kappa shape index (κ1) is 23.9. The first-order chi connectivity index (χ1) is 15.7. The Morgan fingerprint density at radius 1 is 1.06 bits per heavy atom. The van der Waals surface area contributed by atoms with E-state index in [2.05, 4.69) is 4.74 Å². The molecule has 3 aromatic rings. The van der Waals surface area contributed by atoms with Crippen LogP contribution < -0.4 is 4.74 Å². The number of fused-ring (bicyclic) bond motifs is 1. The number of nitrogens with zero attached hydrogens (tertiary/aromatic N) is 1. The number of aromatic nitrogens is 1. The van der Waals surface area contributed by atoms with E-state index < -0.39 is 43.7 Å². The molecular formula is C23H24ClF2NO6. The predicted octanol–water partition coefficient (Wildman–Crippen LogP) is 2.77. The van der Waals surface area contributed by atoms with Crippen molar-refractivity contribution in [3.05, 3.63) is 64.3 Å². The van der Waals surface area contributed by atoms with E-state index in [4.69, 9.17) is 16.3 Å². The molecule has 2 aromatic carbocycles. The molecular weight excluding hydrogens is 460 g/mol. The second-order valence-corrected chi connectivity index (χ2v) is 8.48. The summed E-state index contributed by atoms with van der Waals surface area (Å²) in [5.41, 5.74) is 2.84. The molecule has 1 aromatic heterocycles. The van der Waals surface area contributed by atoms with E-state index in [1.54, 1.807) is 24.4 Å². The van der Waals surface area contributed by atoms with Gasteiger partial charge in [-0.1, -0.05) is 29.8 Å². The molecule has 5 atom stereocenters. The summed E-state index contributed by atoms with van der Waals surface area (Å²) in [6, 6.07) is 9.75. The Balaban J connectivity index is 1.76. The van der Waals surface area contributed by atoms with Crippen LogP contribution in [0.1, 0.15) is 22.8 Å². The van der Waals surface area contributed by atoms with Gasteiger partial charge in [0.25, 0.3) is 0 Å². The van der Waals surface area contributed by atoms with Crippen LogP contribution in [-0.2, 0) is 11.3 Å². The summed E-state index contributed by atoms with van der Waals surface area (Å²) in [5.74, 6) is 0.0435. The van der Waals surface area contributed by atoms with Gasteiger partial charge in [0.15, 0.2) is 0 Å². The molecule has 0 radical (unpaired) electrons. The maximum absolute atomic E-state index is 12.4. The minimum absolute atomic E-state index is 0.0435. The first-order valence-corrected chi connectivity index (χ1v) is 10.7. The Labute approximate surface area is 193 Å². The van der Waals surface area contributed by atoms with Gasteiger partial charge in [-0.15, -0.1) is 0 Å². The van der Waals surface area contributed by atoms with Crippen LogP contribution in [0.5, 0.6) is 5.75 Å². The molecule has 1 aliphatic rings. The molecule has 7 nitrogen and oxygen atoms in total. The van der Waals surface area contributed by atoms with Gasteiger partial charge < -0.3 is 34.5 Å². The fourth-order valence-electron chi connectivity index (χ4n) is 4.28. The molecule has 0 unspecified atom stereocenters. The Bertz CT molecular complexity index is 1120.